The lowest BCUT2D eigenvalue weighted by Gasteiger charge is -2.19. The third kappa shape index (κ3) is 9.84. The molecule has 2 heterocycles. The van der Waals surface area contributed by atoms with Gasteiger partial charge >= 0.3 is 6.16 Å². The van der Waals surface area contributed by atoms with E-state index in [1.54, 1.807) is 30.3 Å². The zero-order valence-corrected chi connectivity index (χ0v) is 28.1. The molecule has 0 amide bonds. The molecule has 0 saturated carbocycles. The number of benzene rings is 2. The van der Waals surface area contributed by atoms with Crippen molar-refractivity contribution >= 4 is 46.0 Å². The Bertz CT molecular complexity index is 1770. The van der Waals surface area contributed by atoms with Crippen molar-refractivity contribution in [3.05, 3.63) is 104 Å². The monoisotopic (exact) mass is 678 g/mol. The molecule has 0 bridgehead atoms. The first-order chi connectivity index (χ1) is 22.7. The van der Waals surface area contributed by atoms with Crippen molar-refractivity contribution in [2.75, 3.05) is 13.7 Å². The second-order valence-electron chi connectivity index (χ2n) is 10.6. The molecule has 47 heavy (non-hydrogen) atoms. The van der Waals surface area contributed by atoms with E-state index in [0.717, 1.165) is 49.3 Å². The molecule has 0 spiro atoms. The Labute approximate surface area is 281 Å². The van der Waals surface area contributed by atoms with Gasteiger partial charge in [0.05, 0.1) is 42.1 Å². The fourth-order valence-electron chi connectivity index (χ4n) is 4.78. The Morgan fingerprint density at radius 3 is 2.66 bits per heavy atom. The van der Waals surface area contributed by atoms with E-state index >= 15 is 0 Å². The van der Waals surface area contributed by atoms with Gasteiger partial charge in [0, 0.05) is 10.5 Å². The van der Waals surface area contributed by atoms with E-state index in [-0.39, 0.29) is 33.7 Å². The third-order valence-corrected chi connectivity index (χ3v) is 9.10. The molecule has 9 nitrogen and oxygen atoms in total. The summed E-state index contributed by atoms with van der Waals surface area (Å²) in [6.45, 7) is 3.94. The molecule has 4 aromatic rings. The lowest BCUT2D eigenvalue weighted by molar-refractivity contribution is 0.101. The molecule has 248 valence electrons. The Balaban J connectivity index is 1.36. The van der Waals surface area contributed by atoms with Crippen LogP contribution in [0.2, 0.25) is 0 Å². The highest BCUT2D eigenvalue weighted by Gasteiger charge is 2.21. The molecule has 11 heteroatoms. The molecule has 0 aliphatic carbocycles. The van der Waals surface area contributed by atoms with Crippen LogP contribution in [0.15, 0.2) is 91.6 Å². The minimum atomic E-state index is -0.997. The number of hydrogen-bond donors (Lipinski definition) is 2. The van der Waals surface area contributed by atoms with Crippen molar-refractivity contribution in [3.63, 3.8) is 0 Å². The first kappa shape index (κ1) is 35.5. The summed E-state index contributed by atoms with van der Waals surface area (Å²) in [6, 6.07) is 11.4. The van der Waals surface area contributed by atoms with Gasteiger partial charge in [-0.1, -0.05) is 37.6 Å². The molecule has 2 N–H and O–H groups in total. The number of carbonyl (C=O) groups is 2. The predicted octanol–water partition coefficient (Wildman–Crippen LogP) is 8.42. The van der Waals surface area contributed by atoms with Crippen molar-refractivity contribution < 1.29 is 38.4 Å². The number of phenolic OH excluding ortho intramolecular Hbond substituents is 1. The van der Waals surface area contributed by atoms with Crippen molar-refractivity contribution in [2.24, 2.45) is 0 Å². The lowest BCUT2D eigenvalue weighted by Crippen LogP contribution is -2.12. The number of hydrogen-bond acceptors (Lipinski definition) is 11. The zero-order chi connectivity index (χ0) is 33.8. The number of allylic oxidation sites excluding steroid dienone is 3. The maximum absolute atomic E-state index is 12.5. The average molecular weight is 679 g/mol. The summed E-state index contributed by atoms with van der Waals surface area (Å²) in [5, 5.41) is 25.5. The highest BCUT2D eigenvalue weighted by atomic mass is 32.2. The summed E-state index contributed by atoms with van der Waals surface area (Å²) in [6.07, 6.45) is 10.0. The number of unbranched alkanes of at least 4 members (excludes halogenated alkanes) is 2. The molecule has 4 rings (SSSR count). The molecule has 2 unspecified atom stereocenters. The fourth-order valence-corrected chi connectivity index (χ4v) is 6.56. The quantitative estimate of drug-likeness (QED) is 0.0391. The van der Waals surface area contributed by atoms with Crippen LogP contribution in [0.4, 0.5) is 4.79 Å². The fraction of sp³-hybridized carbons (Fsp3) is 0.306. The number of thiophene rings is 1. The Hall–Kier alpha value is -4.32. The number of phenols is 1. The number of methoxy groups -OCH3 is 1. The smallest absolute Gasteiger partial charge is 0.507 e. The Morgan fingerprint density at radius 1 is 1.11 bits per heavy atom. The summed E-state index contributed by atoms with van der Waals surface area (Å²) in [7, 11) is 1.16. The van der Waals surface area contributed by atoms with E-state index in [1.165, 1.54) is 30.0 Å². The number of aliphatic hydroxyl groups excluding tert-OH is 1. The first-order valence-electron chi connectivity index (χ1n) is 15.2. The van der Waals surface area contributed by atoms with E-state index in [2.05, 4.69) is 10.8 Å². The first-order valence-corrected chi connectivity index (χ1v) is 17.1. The second kappa shape index (κ2) is 17.6. The van der Waals surface area contributed by atoms with Crippen LogP contribution in [0.3, 0.4) is 0 Å². The molecule has 0 aliphatic heterocycles. The topological polar surface area (TPSA) is 132 Å². The van der Waals surface area contributed by atoms with Gasteiger partial charge in [0.15, 0.2) is 11.2 Å². The molecule has 2 aromatic carbocycles. The van der Waals surface area contributed by atoms with E-state index in [4.69, 9.17) is 13.9 Å². The van der Waals surface area contributed by atoms with Gasteiger partial charge in [-0.15, -0.1) is 11.8 Å². The van der Waals surface area contributed by atoms with E-state index in [9.17, 15) is 24.6 Å². The maximum Gasteiger partial charge on any atom is 0.516 e. The second-order valence-corrected chi connectivity index (χ2v) is 12.7. The van der Waals surface area contributed by atoms with Gasteiger partial charge in [0.25, 0.3) is 5.95 Å². The minimum Gasteiger partial charge on any atom is -0.507 e. The van der Waals surface area contributed by atoms with Gasteiger partial charge in [-0.05, 0) is 85.3 Å². The van der Waals surface area contributed by atoms with E-state index < -0.39 is 12.3 Å². The number of thioether (sulfide) groups is 1. The SMILES string of the molecule is CCCc1c(OCCCC/C=C\C=C\C(Sc2ccc3c(=O)cc(OC(=O)OC)oc3c2)C(O)c2ccsc2)ccc(C(C)=O)c1O. The highest BCUT2D eigenvalue weighted by Crippen LogP contribution is 2.36. The van der Waals surface area contributed by atoms with Crippen LogP contribution in [0.5, 0.6) is 17.4 Å². The van der Waals surface area contributed by atoms with Crippen LogP contribution < -0.4 is 14.9 Å². The molecule has 2 atom stereocenters. The summed E-state index contributed by atoms with van der Waals surface area (Å²) in [5.74, 6) is 0.180. The van der Waals surface area contributed by atoms with Crippen LogP contribution >= 0.6 is 23.1 Å². The maximum atomic E-state index is 12.5. The number of rotatable bonds is 16. The number of aromatic hydroxyl groups is 1. The molecular formula is C36H38O9S2. The largest absolute Gasteiger partial charge is 0.516 e. The number of aliphatic hydroxyl groups is 1. The van der Waals surface area contributed by atoms with Gasteiger partial charge in [-0.2, -0.15) is 11.3 Å². The van der Waals surface area contributed by atoms with Gasteiger partial charge in [0.2, 0.25) is 0 Å². The van der Waals surface area contributed by atoms with E-state index in [0.29, 0.717) is 35.3 Å². The van der Waals surface area contributed by atoms with Crippen molar-refractivity contribution in [2.45, 2.75) is 62.2 Å². The van der Waals surface area contributed by atoms with Crippen LogP contribution in [-0.2, 0) is 11.2 Å². The lowest BCUT2D eigenvalue weighted by atomic mass is 10.0. The van der Waals surface area contributed by atoms with Crippen LogP contribution in [0.1, 0.15) is 67.1 Å². The van der Waals surface area contributed by atoms with Crippen LogP contribution in [-0.4, -0.2) is 41.1 Å². The van der Waals surface area contributed by atoms with Crippen LogP contribution in [0, 0.1) is 0 Å². The Kier molecular flexibility index (Phi) is 13.3. The number of Topliss-reactive ketones (excluding diaryl/α,β-unsaturated/α-hetero) is 1. The van der Waals surface area contributed by atoms with Crippen molar-refractivity contribution in [1.82, 2.24) is 0 Å². The number of carbonyl (C=O) groups excluding carboxylic acids is 2. The van der Waals surface area contributed by atoms with Gasteiger partial charge in [-0.3, -0.25) is 9.59 Å². The van der Waals surface area contributed by atoms with Crippen molar-refractivity contribution in [1.29, 1.82) is 0 Å². The number of fused-ring (bicyclic) bond motifs is 1. The van der Waals surface area contributed by atoms with E-state index in [1.807, 2.05) is 42.0 Å². The standard InChI is InChI=1S/C36H38O9S2/c1-4-11-28-30(16-15-26(23(2)37)35(28)40)43-18-10-8-6-5-7-9-12-32(34(39)24-17-19-46-22-24)47-25-13-14-27-29(38)21-33(44-31(27)20-25)45-36(41)42-3/h5,7,9,12-17,19-22,32,34,39-40H,4,6,8,10-11,18H2,1-3H3/b7-5-,12-9+. The number of ketones is 1. The Morgan fingerprint density at radius 2 is 1.94 bits per heavy atom. The zero-order valence-electron chi connectivity index (χ0n) is 26.5. The third-order valence-electron chi connectivity index (χ3n) is 7.19. The molecular weight excluding hydrogens is 641 g/mol. The van der Waals surface area contributed by atoms with Crippen LogP contribution in [0.25, 0.3) is 11.0 Å². The summed E-state index contributed by atoms with van der Waals surface area (Å²) >= 11 is 2.91. The minimum absolute atomic E-state index is 0.0127. The average Bonchev–Trinajstić information content (AvgIpc) is 3.59. The summed E-state index contributed by atoms with van der Waals surface area (Å²) in [4.78, 5) is 36.5. The van der Waals surface area contributed by atoms with Gasteiger partial charge in [-0.25, -0.2) is 4.79 Å². The molecule has 2 aromatic heterocycles. The molecule has 0 saturated heterocycles. The normalized spacial score (nSPS) is 12.9. The molecule has 0 radical (unpaired) electrons. The van der Waals surface area contributed by atoms with Crippen molar-refractivity contribution in [3.8, 4) is 17.4 Å². The summed E-state index contributed by atoms with van der Waals surface area (Å²) in [5.41, 5.74) is 1.66. The molecule has 0 fully saturated rings. The number of ether oxygens (including phenoxy) is 3. The predicted molar refractivity (Wildman–Crippen MR) is 184 cm³/mol. The van der Waals surface area contributed by atoms with Gasteiger partial charge < -0.3 is 28.8 Å². The van der Waals surface area contributed by atoms with Gasteiger partial charge in [0.1, 0.15) is 17.1 Å². The highest BCUT2D eigenvalue weighted by molar-refractivity contribution is 8.00. The molecule has 0 aliphatic rings. The summed E-state index contributed by atoms with van der Waals surface area (Å²) < 4.78 is 21.0.